The molecule has 2 aliphatic heterocycles. The number of anilines is 2. The Balaban J connectivity index is 1.41. The normalized spacial score (nSPS) is 16.0. The maximum Gasteiger partial charge on any atom is 0.231 e. The third kappa shape index (κ3) is 4.88. The molecular weight excluding hydrogens is 452 g/mol. The van der Waals surface area contributed by atoms with Crippen LogP contribution in [0.2, 0.25) is 0 Å². The minimum absolute atomic E-state index is 0.105. The highest BCUT2D eigenvalue weighted by Crippen LogP contribution is 2.43. The summed E-state index contributed by atoms with van der Waals surface area (Å²) in [4.78, 5) is 6.59. The standard InChI is InChI=1S/C25H26N4O6/c1-31-22-9-18-20(10-23(22)33-14-17(30)13-29-5-7-32-8-6-29)27-12-16(11-26)24(18)28-19-3-2-4-21-25(19)35-15-34-21/h2-4,9-10,12,17,30H,5-8,13-15H2,1H3,(H,27,28)/t17-/m1/s1. The fraction of sp³-hybridized carbons (Fsp3) is 0.360. The Bertz CT molecular complexity index is 1250. The van der Waals surface area contributed by atoms with Crippen molar-refractivity contribution in [2.45, 2.75) is 6.10 Å². The highest BCUT2D eigenvalue weighted by molar-refractivity contribution is 5.98. The van der Waals surface area contributed by atoms with Gasteiger partial charge in [-0.3, -0.25) is 9.88 Å². The molecule has 182 valence electrons. The van der Waals surface area contributed by atoms with Crippen molar-refractivity contribution in [3.63, 3.8) is 0 Å². The number of morpholine rings is 1. The number of β-amino-alcohol motifs (C(OH)–C–C–N with tert-alkyl or cyclic N) is 1. The fourth-order valence-electron chi connectivity index (χ4n) is 4.18. The summed E-state index contributed by atoms with van der Waals surface area (Å²) in [6.07, 6.45) is 0.844. The van der Waals surface area contributed by atoms with E-state index in [1.54, 1.807) is 19.2 Å². The molecule has 5 rings (SSSR count). The number of pyridine rings is 1. The van der Waals surface area contributed by atoms with Gasteiger partial charge < -0.3 is 34.1 Å². The van der Waals surface area contributed by atoms with Crippen LogP contribution in [0.15, 0.2) is 36.5 Å². The van der Waals surface area contributed by atoms with Crippen molar-refractivity contribution >= 4 is 22.3 Å². The summed E-state index contributed by atoms with van der Waals surface area (Å²) in [7, 11) is 1.54. The molecular formula is C25H26N4O6. The van der Waals surface area contributed by atoms with E-state index in [1.807, 2.05) is 18.2 Å². The number of hydrogen-bond acceptors (Lipinski definition) is 10. The fourth-order valence-corrected chi connectivity index (χ4v) is 4.18. The number of benzene rings is 2. The molecule has 1 fully saturated rings. The van der Waals surface area contributed by atoms with Crippen molar-refractivity contribution in [3.05, 3.63) is 42.1 Å². The minimum atomic E-state index is -0.665. The van der Waals surface area contributed by atoms with Gasteiger partial charge in [-0.15, -0.1) is 0 Å². The quantitative estimate of drug-likeness (QED) is 0.500. The van der Waals surface area contributed by atoms with E-state index in [0.29, 0.717) is 70.6 Å². The highest BCUT2D eigenvalue weighted by atomic mass is 16.7. The van der Waals surface area contributed by atoms with Crippen LogP contribution in [-0.2, 0) is 4.74 Å². The first kappa shape index (κ1) is 23.0. The predicted octanol–water partition coefficient (Wildman–Crippen LogP) is 2.66. The maximum absolute atomic E-state index is 10.5. The second kappa shape index (κ2) is 10.2. The number of aliphatic hydroxyl groups excluding tert-OH is 1. The van der Waals surface area contributed by atoms with E-state index in [1.165, 1.54) is 6.20 Å². The largest absolute Gasteiger partial charge is 0.493 e. The minimum Gasteiger partial charge on any atom is -0.493 e. The van der Waals surface area contributed by atoms with Gasteiger partial charge in [-0.2, -0.15) is 5.26 Å². The maximum atomic E-state index is 10.5. The van der Waals surface area contributed by atoms with E-state index >= 15 is 0 Å². The van der Waals surface area contributed by atoms with Crippen LogP contribution in [-0.4, -0.2) is 74.5 Å². The molecule has 1 aromatic heterocycles. The molecule has 0 radical (unpaired) electrons. The predicted molar refractivity (Wildman–Crippen MR) is 128 cm³/mol. The van der Waals surface area contributed by atoms with Crippen LogP contribution in [0.5, 0.6) is 23.0 Å². The Morgan fingerprint density at radius 2 is 2.09 bits per heavy atom. The van der Waals surface area contributed by atoms with Crippen molar-refractivity contribution in [1.82, 2.24) is 9.88 Å². The Kier molecular flexibility index (Phi) is 6.72. The molecule has 3 aromatic rings. The number of aromatic nitrogens is 1. The van der Waals surface area contributed by atoms with Crippen molar-refractivity contribution in [3.8, 4) is 29.1 Å². The van der Waals surface area contributed by atoms with Crippen LogP contribution in [0.25, 0.3) is 10.9 Å². The first-order valence-electron chi connectivity index (χ1n) is 11.3. The average molecular weight is 479 g/mol. The second-order valence-electron chi connectivity index (χ2n) is 8.22. The topological polar surface area (TPSA) is 118 Å². The van der Waals surface area contributed by atoms with E-state index in [9.17, 15) is 10.4 Å². The molecule has 10 heteroatoms. The molecule has 0 amide bonds. The van der Waals surface area contributed by atoms with Gasteiger partial charge in [0.2, 0.25) is 6.79 Å². The molecule has 0 saturated carbocycles. The smallest absolute Gasteiger partial charge is 0.231 e. The van der Waals surface area contributed by atoms with E-state index in [2.05, 4.69) is 21.3 Å². The summed E-state index contributed by atoms with van der Waals surface area (Å²) in [5, 5.41) is 24.2. The molecule has 0 aliphatic carbocycles. The second-order valence-corrected chi connectivity index (χ2v) is 8.22. The molecule has 0 spiro atoms. The monoisotopic (exact) mass is 478 g/mol. The molecule has 35 heavy (non-hydrogen) atoms. The summed E-state index contributed by atoms with van der Waals surface area (Å²) in [6.45, 7) is 3.67. The van der Waals surface area contributed by atoms with Crippen molar-refractivity contribution in [2.24, 2.45) is 0 Å². The molecule has 0 unspecified atom stereocenters. The lowest BCUT2D eigenvalue weighted by molar-refractivity contribution is 0.00446. The summed E-state index contributed by atoms with van der Waals surface area (Å²) in [6, 6.07) is 11.2. The van der Waals surface area contributed by atoms with E-state index in [-0.39, 0.29) is 13.4 Å². The Morgan fingerprint density at radius 3 is 2.89 bits per heavy atom. The lowest BCUT2D eigenvalue weighted by Gasteiger charge is -2.28. The third-order valence-corrected chi connectivity index (χ3v) is 5.93. The van der Waals surface area contributed by atoms with Crippen LogP contribution in [0.1, 0.15) is 5.56 Å². The number of ether oxygens (including phenoxy) is 5. The van der Waals surface area contributed by atoms with E-state index < -0.39 is 6.10 Å². The van der Waals surface area contributed by atoms with E-state index in [0.717, 1.165) is 13.1 Å². The average Bonchev–Trinajstić information content (AvgIpc) is 3.38. The lowest BCUT2D eigenvalue weighted by atomic mass is 10.1. The van der Waals surface area contributed by atoms with Crippen molar-refractivity contribution in [1.29, 1.82) is 5.26 Å². The number of fused-ring (bicyclic) bond motifs is 2. The van der Waals surface area contributed by atoms with E-state index in [4.69, 9.17) is 23.7 Å². The molecule has 2 N–H and O–H groups in total. The van der Waals surface area contributed by atoms with Crippen molar-refractivity contribution < 1.29 is 28.8 Å². The van der Waals surface area contributed by atoms with Crippen LogP contribution in [0.3, 0.4) is 0 Å². The zero-order valence-corrected chi connectivity index (χ0v) is 19.3. The first-order valence-corrected chi connectivity index (χ1v) is 11.3. The van der Waals surface area contributed by atoms with Gasteiger partial charge in [-0.25, -0.2) is 0 Å². The SMILES string of the molecule is COc1cc2c(Nc3cccc4c3OCO4)c(C#N)cnc2cc1OC[C@H](O)CN1CCOCC1. The zero-order chi connectivity index (χ0) is 24.2. The molecule has 1 saturated heterocycles. The number of nitrogens with zero attached hydrogens (tertiary/aromatic N) is 3. The van der Waals surface area contributed by atoms with Crippen LogP contribution >= 0.6 is 0 Å². The molecule has 0 bridgehead atoms. The number of nitriles is 1. The number of hydrogen-bond donors (Lipinski definition) is 2. The number of rotatable bonds is 8. The molecule has 10 nitrogen and oxygen atoms in total. The van der Waals surface area contributed by atoms with Gasteiger partial charge in [0.25, 0.3) is 0 Å². The molecule has 2 aromatic carbocycles. The zero-order valence-electron chi connectivity index (χ0n) is 19.3. The number of para-hydroxylation sites is 1. The Hall–Kier alpha value is -3.78. The summed E-state index contributed by atoms with van der Waals surface area (Å²) in [5.41, 5.74) is 2.22. The van der Waals surface area contributed by atoms with Gasteiger partial charge in [-0.1, -0.05) is 6.07 Å². The summed E-state index contributed by atoms with van der Waals surface area (Å²) < 4.78 is 27.9. The van der Waals surface area contributed by atoms with Gasteiger partial charge in [0.1, 0.15) is 18.8 Å². The highest BCUT2D eigenvalue weighted by Gasteiger charge is 2.21. The van der Waals surface area contributed by atoms with Gasteiger partial charge in [-0.05, 0) is 18.2 Å². The molecule has 3 heterocycles. The molecule has 2 aliphatic rings. The summed E-state index contributed by atoms with van der Waals surface area (Å²) in [5.74, 6) is 2.15. The van der Waals surface area contributed by atoms with Crippen LogP contribution < -0.4 is 24.3 Å². The van der Waals surface area contributed by atoms with Gasteiger partial charge in [0.15, 0.2) is 23.0 Å². The number of methoxy groups -OCH3 is 1. The first-order chi connectivity index (χ1) is 17.2. The van der Waals surface area contributed by atoms with Crippen molar-refractivity contribution in [2.75, 3.05) is 58.7 Å². The Morgan fingerprint density at radius 1 is 1.23 bits per heavy atom. The number of aliphatic hydroxyl groups is 1. The van der Waals surface area contributed by atoms with Gasteiger partial charge in [0, 0.05) is 37.3 Å². The number of nitrogens with one attached hydrogen (secondary N) is 1. The van der Waals surface area contributed by atoms with Gasteiger partial charge >= 0.3 is 0 Å². The summed E-state index contributed by atoms with van der Waals surface area (Å²) >= 11 is 0. The van der Waals surface area contributed by atoms with Crippen LogP contribution in [0.4, 0.5) is 11.4 Å². The molecule has 1 atom stereocenters. The Labute approximate surface area is 202 Å². The lowest BCUT2D eigenvalue weighted by Crippen LogP contribution is -2.42. The third-order valence-electron chi connectivity index (χ3n) is 5.93. The van der Waals surface area contributed by atoms with Gasteiger partial charge in [0.05, 0.1) is 42.8 Å². The van der Waals surface area contributed by atoms with Crippen LogP contribution in [0, 0.1) is 11.3 Å².